The average Bonchev–Trinajstić information content (AvgIpc) is 2.87. The molecule has 0 aliphatic heterocycles. The van der Waals surface area contributed by atoms with Crippen molar-refractivity contribution in [3.05, 3.63) is 23.8 Å². The minimum absolute atomic E-state index is 0.0973. The summed E-state index contributed by atoms with van der Waals surface area (Å²) in [5, 5.41) is 26.4. The number of benzene rings is 1. The fourth-order valence-electron chi connectivity index (χ4n) is 1.26. The number of rotatable bonds is 5. The highest BCUT2D eigenvalue weighted by Gasteiger charge is 2.02. The van der Waals surface area contributed by atoms with Gasteiger partial charge in [-0.25, -0.2) is 5.43 Å². The van der Waals surface area contributed by atoms with Crippen molar-refractivity contribution in [2.75, 3.05) is 12.0 Å². The van der Waals surface area contributed by atoms with Crippen LogP contribution >= 0.6 is 0 Å². The number of anilines is 1. The molecule has 0 radical (unpaired) electrons. The maximum Gasteiger partial charge on any atom is 0.283 e. The molecule has 94 valence electrons. The number of ether oxygens (including phenoxy) is 1. The zero-order valence-electron chi connectivity index (χ0n) is 9.66. The highest BCUT2D eigenvalue weighted by molar-refractivity contribution is 5.81. The van der Waals surface area contributed by atoms with E-state index in [0.717, 1.165) is 5.56 Å². The van der Waals surface area contributed by atoms with Crippen LogP contribution in [0.25, 0.3) is 0 Å². The van der Waals surface area contributed by atoms with Crippen molar-refractivity contribution >= 4 is 12.2 Å². The maximum atomic E-state index is 9.52. The minimum Gasteiger partial charge on any atom is -0.504 e. The molecule has 0 aliphatic carbocycles. The largest absolute Gasteiger partial charge is 0.504 e. The van der Waals surface area contributed by atoms with Crippen molar-refractivity contribution < 1.29 is 9.84 Å². The lowest BCUT2D eigenvalue weighted by atomic mass is 10.2. The van der Waals surface area contributed by atoms with Crippen molar-refractivity contribution in [1.29, 1.82) is 0 Å². The topological polar surface area (TPSA) is 108 Å². The number of aromatic amines is 1. The third-order valence-corrected chi connectivity index (χ3v) is 2.01. The number of nitrogens with one attached hydrogen (secondary N) is 2. The fraction of sp³-hybridized carbons (Fsp3) is 0.200. The van der Waals surface area contributed by atoms with Gasteiger partial charge in [-0.2, -0.15) is 10.3 Å². The molecule has 0 aliphatic rings. The van der Waals surface area contributed by atoms with Gasteiger partial charge < -0.3 is 9.84 Å². The summed E-state index contributed by atoms with van der Waals surface area (Å²) in [5.74, 6) is 0.788. The molecule has 2 rings (SSSR count). The van der Waals surface area contributed by atoms with Gasteiger partial charge in [0.1, 0.15) is 0 Å². The van der Waals surface area contributed by atoms with Crippen LogP contribution in [0.1, 0.15) is 12.5 Å². The number of phenols is 1. The van der Waals surface area contributed by atoms with Gasteiger partial charge in [-0.1, -0.05) is 5.10 Å². The molecule has 0 unspecified atom stereocenters. The average molecular weight is 248 g/mol. The van der Waals surface area contributed by atoms with Crippen LogP contribution in [0, 0.1) is 0 Å². The van der Waals surface area contributed by atoms with Gasteiger partial charge in [-0.15, -0.1) is 5.10 Å². The molecule has 0 spiro atoms. The van der Waals surface area contributed by atoms with Gasteiger partial charge in [0.05, 0.1) is 12.8 Å². The fourth-order valence-corrected chi connectivity index (χ4v) is 1.26. The molecule has 0 bridgehead atoms. The second kappa shape index (κ2) is 5.62. The number of tetrazole rings is 1. The van der Waals surface area contributed by atoms with Crippen molar-refractivity contribution in [2.45, 2.75) is 6.92 Å². The number of aromatic hydroxyl groups is 1. The standard InChI is InChI=1S/C10H12N6O2/c1-2-18-9-5-7(3-4-8(9)17)6-11-12-10-13-15-16-14-10/h3-6,17H,2H2,1H3,(H2,12,13,14,15,16)/b11-6-. The Morgan fingerprint density at radius 3 is 3.17 bits per heavy atom. The van der Waals surface area contributed by atoms with Gasteiger partial charge in [-0.05, 0) is 35.9 Å². The molecule has 2 aromatic rings. The van der Waals surface area contributed by atoms with Gasteiger partial charge in [0.2, 0.25) is 0 Å². The zero-order valence-corrected chi connectivity index (χ0v) is 9.66. The minimum atomic E-state index is 0.0973. The summed E-state index contributed by atoms with van der Waals surface area (Å²) < 4.78 is 5.26. The molecule has 18 heavy (non-hydrogen) atoms. The first-order valence-corrected chi connectivity index (χ1v) is 5.28. The Hall–Kier alpha value is -2.64. The van der Waals surface area contributed by atoms with Gasteiger partial charge in [0, 0.05) is 0 Å². The Morgan fingerprint density at radius 1 is 1.56 bits per heavy atom. The third kappa shape index (κ3) is 2.94. The summed E-state index contributed by atoms with van der Waals surface area (Å²) in [6.45, 7) is 2.33. The Labute approximate surface area is 103 Å². The number of nitrogens with zero attached hydrogens (tertiary/aromatic N) is 4. The van der Waals surface area contributed by atoms with Gasteiger partial charge >= 0.3 is 0 Å². The first-order chi connectivity index (χ1) is 8.79. The Kier molecular flexibility index (Phi) is 3.69. The summed E-state index contributed by atoms with van der Waals surface area (Å²) in [5.41, 5.74) is 3.36. The second-order valence-electron chi connectivity index (χ2n) is 3.27. The normalized spacial score (nSPS) is 10.7. The summed E-state index contributed by atoms with van der Waals surface area (Å²) >= 11 is 0. The highest BCUT2D eigenvalue weighted by atomic mass is 16.5. The lowest BCUT2D eigenvalue weighted by Gasteiger charge is -2.05. The zero-order chi connectivity index (χ0) is 12.8. The molecule has 8 heteroatoms. The molecular formula is C10H12N6O2. The molecule has 0 saturated carbocycles. The molecular weight excluding hydrogens is 236 g/mol. The second-order valence-corrected chi connectivity index (χ2v) is 3.27. The van der Waals surface area contributed by atoms with Gasteiger partial charge in [0.15, 0.2) is 11.5 Å². The van der Waals surface area contributed by atoms with Crippen molar-refractivity contribution in [3.63, 3.8) is 0 Å². The quantitative estimate of drug-likeness (QED) is 0.532. The van der Waals surface area contributed by atoms with Crippen LogP contribution in [-0.4, -0.2) is 38.6 Å². The third-order valence-electron chi connectivity index (χ3n) is 2.01. The van der Waals surface area contributed by atoms with E-state index in [9.17, 15) is 5.11 Å². The van der Waals surface area contributed by atoms with Crippen molar-refractivity contribution in [2.24, 2.45) is 5.10 Å². The van der Waals surface area contributed by atoms with E-state index in [0.29, 0.717) is 12.4 Å². The van der Waals surface area contributed by atoms with E-state index in [2.05, 4.69) is 31.2 Å². The molecule has 1 aromatic carbocycles. The van der Waals surface area contributed by atoms with Crippen LogP contribution < -0.4 is 10.2 Å². The molecule has 8 nitrogen and oxygen atoms in total. The molecule has 3 N–H and O–H groups in total. The molecule has 0 saturated heterocycles. The summed E-state index contributed by atoms with van der Waals surface area (Å²) in [4.78, 5) is 0. The van der Waals surface area contributed by atoms with Crippen LogP contribution in [0.15, 0.2) is 23.3 Å². The van der Waals surface area contributed by atoms with Gasteiger partial charge in [-0.3, -0.25) is 0 Å². The van der Waals surface area contributed by atoms with Crippen LogP contribution in [0.3, 0.4) is 0 Å². The van der Waals surface area contributed by atoms with Crippen LogP contribution in [0.4, 0.5) is 5.95 Å². The monoisotopic (exact) mass is 248 g/mol. The Bertz CT molecular complexity index is 525. The number of aromatic nitrogens is 4. The van der Waals surface area contributed by atoms with E-state index in [1.54, 1.807) is 24.4 Å². The first kappa shape index (κ1) is 11.8. The number of hydrogen-bond donors (Lipinski definition) is 3. The van der Waals surface area contributed by atoms with E-state index in [4.69, 9.17) is 4.74 Å². The summed E-state index contributed by atoms with van der Waals surface area (Å²) in [6.07, 6.45) is 1.55. The van der Waals surface area contributed by atoms with Crippen LogP contribution in [0.5, 0.6) is 11.5 Å². The first-order valence-electron chi connectivity index (χ1n) is 5.28. The molecule has 0 amide bonds. The van der Waals surface area contributed by atoms with E-state index in [-0.39, 0.29) is 11.7 Å². The predicted octanol–water partition coefficient (Wildman–Crippen LogP) is 0.750. The Balaban J connectivity index is 2.04. The SMILES string of the molecule is CCOc1cc(/C=N\Nc2nn[nH]n2)ccc1O. The van der Waals surface area contributed by atoms with Crippen molar-refractivity contribution in [1.82, 2.24) is 20.6 Å². The van der Waals surface area contributed by atoms with Crippen molar-refractivity contribution in [3.8, 4) is 11.5 Å². The smallest absolute Gasteiger partial charge is 0.283 e. The van der Waals surface area contributed by atoms with E-state index in [1.165, 1.54) is 0 Å². The molecule has 1 heterocycles. The van der Waals surface area contributed by atoms with Crippen LogP contribution in [0.2, 0.25) is 0 Å². The number of hydrogen-bond acceptors (Lipinski definition) is 7. The number of hydrazone groups is 1. The van der Waals surface area contributed by atoms with E-state index >= 15 is 0 Å². The number of H-pyrrole nitrogens is 1. The summed E-state index contributed by atoms with van der Waals surface area (Å²) in [6, 6.07) is 4.93. The molecule has 0 atom stereocenters. The van der Waals surface area contributed by atoms with Gasteiger partial charge in [0.25, 0.3) is 5.95 Å². The van der Waals surface area contributed by atoms with Crippen LogP contribution in [-0.2, 0) is 0 Å². The van der Waals surface area contributed by atoms with E-state index in [1.807, 2.05) is 6.92 Å². The predicted molar refractivity (Wildman–Crippen MR) is 64.7 cm³/mol. The lowest BCUT2D eigenvalue weighted by molar-refractivity contribution is 0.318. The van der Waals surface area contributed by atoms with E-state index < -0.39 is 0 Å². The highest BCUT2D eigenvalue weighted by Crippen LogP contribution is 2.26. The number of phenolic OH excluding ortho intramolecular Hbond substituents is 1. The molecule has 1 aromatic heterocycles. The molecule has 0 fully saturated rings. The summed E-state index contributed by atoms with van der Waals surface area (Å²) in [7, 11) is 0. The lowest BCUT2D eigenvalue weighted by Crippen LogP contribution is -1.95. The maximum absolute atomic E-state index is 9.52. The Morgan fingerprint density at radius 2 is 2.44 bits per heavy atom.